The zero-order chi connectivity index (χ0) is 24.7. The average molecular weight is 488 g/mol. The number of nitrogens with one attached hydrogen (secondary N) is 1. The summed E-state index contributed by atoms with van der Waals surface area (Å²) in [5.74, 6) is 1.88. The van der Waals surface area contributed by atoms with Crippen molar-refractivity contribution in [2.24, 2.45) is 0 Å². The number of aromatic hydroxyl groups is 1. The van der Waals surface area contributed by atoms with E-state index in [2.05, 4.69) is 68.4 Å². The predicted octanol–water partition coefficient (Wildman–Crippen LogP) is 7.33. The van der Waals surface area contributed by atoms with Crippen LogP contribution in [0.3, 0.4) is 0 Å². The van der Waals surface area contributed by atoms with E-state index in [1.165, 1.54) is 5.57 Å². The molecule has 3 heterocycles. The molecular weight excluding hydrogens is 458 g/mol. The second kappa shape index (κ2) is 8.95. The third kappa shape index (κ3) is 4.13. The predicted molar refractivity (Wildman–Crippen MR) is 144 cm³/mol. The molecular formula is C29H29NO4S. The Labute approximate surface area is 210 Å². The lowest BCUT2D eigenvalue weighted by molar-refractivity contribution is 0.149. The number of phenolic OH excluding ortho intramolecular Hbond substituents is 1. The van der Waals surface area contributed by atoms with Crippen LogP contribution in [0.15, 0.2) is 54.4 Å². The molecule has 2 aromatic carbocycles. The molecule has 5 rings (SSSR count). The smallest absolute Gasteiger partial charge is 0.172 e. The number of thiophene rings is 1. The van der Waals surface area contributed by atoms with E-state index in [1.54, 1.807) is 36.7 Å². The van der Waals surface area contributed by atoms with Gasteiger partial charge in [0, 0.05) is 27.3 Å². The van der Waals surface area contributed by atoms with E-state index in [4.69, 9.17) is 14.2 Å². The standard InChI is InChI=1S/C29H29NO4S/c1-6-12-33-16-18-11-13-35-24(18)14-23-26-19(27-22(34-23)10-9-21(31)28(27)32-5)7-8-20-25(26)17(2)15-29(3,4)30-20/h6-11,13-15,30-31H,1,12,16H2,2-5H3/b23-14-. The quantitative estimate of drug-likeness (QED) is 0.282. The van der Waals surface area contributed by atoms with Crippen LogP contribution in [-0.2, 0) is 11.3 Å². The number of anilines is 1. The number of fused-ring (bicyclic) bond motifs is 5. The summed E-state index contributed by atoms with van der Waals surface area (Å²) in [4.78, 5) is 1.08. The van der Waals surface area contributed by atoms with Crippen LogP contribution < -0.4 is 14.8 Å². The second-order valence-electron chi connectivity index (χ2n) is 9.30. The summed E-state index contributed by atoms with van der Waals surface area (Å²) in [5.41, 5.74) is 6.92. The lowest BCUT2D eigenvalue weighted by Gasteiger charge is -2.35. The Hall–Kier alpha value is -3.48. The zero-order valence-corrected chi connectivity index (χ0v) is 21.2. The van der Waals surface area contributed by atoms with E-state index >= 15 is 0 Å². The molecule has 0 radical (unpaired) electrons. The second-order valence-corrected chi connectivity index (χ2v) is 10.2. The first-order valence-corrected chi connectivity index (χ1v) is 12.4. The molecule has 6 heteroatoms. The van der Waals surface area contributed by atoms with Crippen molar-refractivity contribution < 1.29 is 19.3 Å². The topological polar surface area (TPSA) is 60.0 Å². The van der Waals surface area contributed by atoms with Crippen LogP contribution in [0.4, 0.5) is 5.69 Å². The van der Waals surface area contributed by atoms with Crippen LogP contribution in [-0.4, -0.2) is 24.4 Å². The number of allylic oxidation sites excluding steroid dienone is 1. The van der Waals surface area contributed by atoms with Crippen molar-refractivity contribution in [2.75, 3.05) is 19.0 Å². The van der Waals surface area contributed by atoms with Gasteiger partial charge in [-0.3, -0.25) is 0 Å². The van der Waals surface area contributed by atoms with E-state index in [-0.39, 0.29) is 11.3 Å². The highest BCUT2D eigenvalue weighted by atomic mass is 32.1. The SMILES string of the molecule is C=CCOCc1ccsc1/C=C1\Oc2ccc(O)c(OC)c2-c2ccc3c(c21)C(C)=CC(C)(C)N3. The minimum Gasteiger partial charge on any atom is -0.504 e. The molecule has 0 bridgehead atoms. The first-order valence-electron chi connectivity index (χ1n) is 11.5. The van der Waals surface area contributed by atoms with Gasteiger partial charge in [0.1, 0.15) is 11.5 Å². The van der Waals surface area contributed by atoms with E-state index < -0.39 is 0 Å². The van der Waals surface area contributed by atoms with Gasteiger partial charge in [0.05, 0.1) is 31.4 Å². The number of benzene rings is 2. The fourth-order valence-electron chi connectivity index (χ4n) is 4.91. The molecule has 0 spiro atoms. The van der Waals surface area contributed by atoms with Crippen LogP contribution in [0.5, 0.6) is 17.2 Å². The van der Waals surface area contributed by atoms with Gasteiger partial charge in [-0.15, -0.1) is 17.9 Å². The normalized spacial score (nSPS) is 16.3. The maximum Gasteiger partial charge on any atom is 0.172 e. The van der Waals surface area contributed by atoms with Crippen molar-refractivity contribution in [1.29, 1.82) is 0 Å². The third-order valence-electron chi connectivity index (χ3n) is 6.21. The number of methoxy groups -OCH3 is 1. The molecule has 0 saturated heterocycles. The summed E-state index contributed by atoms with van der Waals surface area (Å²) < 4.78 is 17.9. The van der Waals surface area contributed by atoms with Crippen LogP contribution in [0.1, 0.15) is 42.3 Å². The Kier molecular flexibility index (Phi) is 5.95. The Morgan fingerprint density at radius 3 is 2.74 bits per heavy atom. The molecule has 0 unspecified atom stereocenters. The monoisotopic (exact) mass is 487 g/mol. The molecule has 2 aliphatic rings. The fraction of sp³-hybridized carbons (Fsp3) is 0.241. The van der Waals surface area contributed by atoms with E-state index in [1.807, 2.05) is 0 Å². The first kappa shape index (κ1) is 23.3. The molecule has 180 valence electrons. The minimum atomic E-state index is -0.165. The van der Waals surface area contributed by atoms with Gasteiger partial charge in [0.15, 0.2) is 11.5 Å². The van der Waals surface area contributed by atoms with Gasteiger partial charge in [0.2, 0.25) is 0 Å². The molecule has 2 N–H and O–H groups in total. The minimum absolute atomic E-state index is 0.0809. The van der Waals surface area contributed by atoms with E-state index in [9.17, 15) is 5.11 Å². The summed E-state index contributed by atoms with van der Waals surface area (Å²) in [7, 11) is 1.56. The highest BCUT2D eigenvalue weighted by Crippen LogP contribution is 2.54. The molecule has 0 amide bonds. The van der Waals surface area contributed by atoms with Crippen LogP contribution in [0, 0.1) is 0 Å². The summed E-state index contributed by atoms with van der Waals surface area (Å²) >= 11 is 1.65. The van der Waals surface area contributed by atoms with E-state index in [0.29, 0.717) is 24.7 Å². The molecule has 1 aromatic heterocycles. The van der Waals surface area contributed by atoms with Gasteiger partial charge in [-0.25, -0.2) is 0 Å². The highest BCUT2D eigenvalue weighted by Gasteiger charge is 2.33. The average Bonchev–Trinajstić information content (AvgIpc) is 3.25. The molecule has 0 fully saturated rings. The lowest BCUT2D eigenvalue weighted by Crippen LogP contribution is -2.32. The summed E-state index contributed by atoms with van der Waals surface area (Å²) in [6, 6.07) is 9.65. The Morgan fingerprint density at radius 2 is 1.97 bits per heavy atom. The van der Waals surface area contributed by atoms with Crippen LogP contribution in [0.25, 0.3) is 28.5 Å². The summed E-state index contributed by atoms with van der Waals surface area (Å²) in [6.07, 6.45) is 6.08. The summed E-state index contributed by atoms with van der Waals surface area (Å²) in [6.45, 7) is 11.2. The highest BCUT2D eigenvalue weighted by molar-refractivity contribution is 7.11. The fourth-order valence-corrected chi connectivity index (χ4v) is 5.75. The molecule has 0 atom stereocenters. The van der Waals surface area contributed by atoms with Crippen molar-refractivity contribution in [2.45, 2.75) is 32.9 Å². The zero-order valence-electron chi connectivity index (χ0n) is 20.4. The van der Waals surface area contributed by atoms with Crippen LogP contribution >= 0.6 is 11.3 Å². The van der Waals surface area contributed by atoms with Crippen molar-refractivity contribution in [3.63, 3.8) is 0 Å². The van der Waals surface area contributed by atoms with Gasteiger partial charge >= 0.3 is 0 Å². The van der Waals surface area contributed by atoms with Crippen molar-refractivity contribution >= 4 is 34.4 Å². The molecule has 35 heavy (non-hydrogen) atoms. The number of rotatable bonds is 6. The lowest BCUT2D eigenvalue weighted by atomic mass is 9.83. The Bertz CT molecular complexity index is 1380. The van der Waals surface area contributed by atoms with Gasteiger partial charge in [-0.2, -0.15) is 0 Å². The molecule has 5 nitrogen and oxygen atoms in total. The largest absolute Gasteiger partial charge is 0.504 e. The number of ether oxygens (including phenoxy) is 3. The van der Waals surface area contributed by atoms with Crippen molar-refractivity contribution in [1.82, 2.24) is 0 Å². The Balaban J connectivity index is 1.74. The van der Waals surface area contributed by atoms with E-state index in [0.717, 1.165) is 44.1 Å². The van der Waals surface area contributed by atoms with Crippen LogP contribution in [0.2, 0.25) is 0 Å². The Morgan fingerprint density at radius 1 is 1.14 bits per heavy atom. The molecule has 2 aliphatic heterocycles. The van der Waals surface area contributed by atoms with Gasteiger partial charge in [-0.1, -0.05) is 18.2 Å². The number of hydrogen-bond donors (Lipinski definition) is 2. The molecule has 0 saturated carbocycles. The first-order chi connectivity index (χ1) is 16.8. The molecule has 3 aromatic rings. The van der Waals surface area contributed by atoms with Crippen molar-refractivity contribution in [3.05, 3.63) is 76.0 Å². The molecule has 0 aliphatic carbocycles. The van der Waals surface area contributed by atoms with Gasteiger partial charge in [-0.05, 0) is 67.6 Å². The maximum atomic E-state index is 10.5. The summed E-state index contributed by atoms with van der Waals surface area (Å²) in [5, 5.41) is 16.2. The number of hydrogen-bond acceptors (Lipinski definition) is 6. The maximum absolute atomic E-state index is 10.5. The number of phenols is 1. The van der Waals surface area contributed by atoms with Crippen molar-refractivity contribution in [3.8, 4) is 28.4 Å². The third-order valence-corrected chi connectivity index (χ3v) is 7.11. The van der Waals surface area contributed by atoms with Gasteiger partial charge < -0.3 is 24.6 Å². The van der Waals surface area contributed by atoms with Gasteiger partial charge in [0.25, 0.3) is 0 Å².